The van der Waals surface area contributed by atoms with Gasteiger partial charge < -0.3 is 0 Å². The summed E-state index contributed by atoms with van der Waals surface area (Å²) in [5.74, 6) is 0. The standard InChI is InChI=1S/C10H14N4O4S/c1-3-11-9(15)13-7-4-5-8(14(13)10(11)16)12(6-7)19(2,17)18/h4-5,7-8H,3,6H2,1-2H3/t7-,8-/m1/s1. The molecular formula is C10H14N4O4S. The van der Waals surface area contributed by atoms with Gasteiger partial charge in [0.1, 0.15) is 6.17 Å². The molecule has 2 bridgehead atoms. The molecule has 4 rings (SSSR count). The smallest absolute Gasteiger partial charge is 0.246 e. The third-order valence-corrected chi connectivity index (χ3v) is 4.78. The molecule has 0 saturated heterocycles. The van der Waals surface area contributed by atoms with Crippen LogP contribution in [0.4, 0.5) is 0 Å². The van der Waals surface area contributed by atoms with Gasteiger partial charge in [-0.05, 0) is 13.0 Å². The van der Waals surface area contributed by atoms with E-state index in [9.17, 15) is 18.0 Å². The quantitative estimate of drug-likeness (QED) is 0.633. The lowest BCUT2D eigenvalue weighted by Gasteiger charge is -2.40. The molecule has 9 heteroatoms. The number of fused-ring (bicyclic) bond motifs is 1. The average molecular weight is 286 g/mol. The van der Waals surface area contributed by atoms with Crippen molar-refractivity contribution in [2.75, 3.05) is 12.8 Å². The van der Waals surface area contributed by atoms with Crippen molar-refractivity contribution in [1.29, 1.82) is 0 Å². The summed E-state index contributed by atoms with van der Waals surface area (Å²) in [6, 6.07) is -0.423. The fourth-order valence-electron chi connectivity index (χ4n) is 2.70. The van der Waals surface area contributed by atoms with Gasteiger partial charge in [0.25, 0.3) is 0 Å². The average Bonchev–Trinajstić information content (AvgIpc) is 2.63. The van der Waals surface area contributed by atoms with Gasteiger partial charge in [0.15, 0.2) is 0 Å². The molecule has 19 heavy (non-hydrogen) atoms. The van der Waals surface area contributed by atoms with Gasteiger partial charge in [-0.2, -0.15) is 4.31 Å². The first-order chi connectivity index (χ1) is 8.86. The number of rotatable bonds is 2. The van der Waals surface area contributed by atoms with E-state index in [1.54, 1.807) is 19.1 Å². The normalized spacial score (nSPS) is 25.8. The molecule has 0 aliphatic carbocycles. The topological polar surface area (TPSA) is 86.3 Å². The molecule has 1 aromatic rings. The van der Waals surface area contributed by atoms with E-state index >= 15 is 0 Å². The number of hydrogen-bond donors (Lipinski definition) is 0. The zero-order chi connectivity index (χ0) is 13.9. The van der Waals surface area contributed by atoms with Gasteiger partial charge in [0.05, 0.1) is 12.3 Å². The van der Waals surface area contributed by atoms with Crippen LogP contribution in [0.1, 0.15) is 19.1 Å². The molecule has 0 spiro atoms. The Balaban J connectivity index is 2.29. The molecule has 0 aromatic carbocycles. The molecule has 3 aliphatic heterocycles. The second-order valence-corrected chi connectivity index (χ2v) is 6.63. The van der Waals surface area contributed by atoms with Crippen LogP contribution < -0.4 is 11.4 Å². The molecule has 3 aliphatic rings. The van der Waals surface area contributed by atoms with Gasteiger partial charge >= 0.3 is 11.4 Å². The van der Waals surface area contributed by atoms with Crippen molar-refractivity contribution in [3.05, 3.63) is 33.1 Å². The number of nitrogens with zero attached hydrogens (tertiary/aromatic N) is 4. The third-order valence-electron chi connectivity index (χ3n) is 3.56. The van der Waals surface area contributed by atoms with Crippen LogP contribution in [-0.4, -0.2) is 39.5 Å². The summed E-state index contributed by atoms with van der Waals surface area (Å²) in [4.78, 5) is 24.3. The van der Waals surface area contributed by atoms with E-state index in [4.69, 9.17) is 0 Å². The Hall–Kier alpha value is -1.61. The first-order valence-electron chi connectivity index (χ1n) is 5.95. The summed E-state index contributed by atoms with van der Waals surface area (Å²) in [6.07, 6.45) is 3.78. The van der Waals surface area contributed by atoms with Crippen molar-refractivity contribution in [2.45, 2.75) is 25.7 Å². The maximum atomic E-state index is 12.2. The van der Waals surface area contributed by atoms with Crippen LogP contribution in [0.25, 0.3) is 0 Å². The van der Waals surface area contributed by atoms with E-state index in [-0.39, 0.29) is 18.8 Å². The summed E-state index contributed by atoms with van der Waals surface area (Å²) in [5.41, 5.74) is -0.861. The van der Waals surface area contributed by atoms with Crippen LogP contribution in [0, 0.1) is 0 Å². The highest BCUT2D eigenvalue weighted by Crippen LogP contribution is 2.31. The molecular weight excluding hydrogens is 272 g/mol. The highest BCUT2D eigenvalue weighted by atomic mass is 32.2. The van der Waals surface area contributed by atoms with Crippen LogP contribution in [0.5, 0.6) is 0 Å². The minimum Gasteiger partial charge on any atom is -0.246 e. The fourth-order valence-corrected chi connectivity index (χ4v) is 3.67. The van der Waals surface area contributed by atoms with Crippen LogP contribution >= 0.6 is 0 Å². The molecule has 0 radical (unpaired) electrons. The highest BCUT2D eigenvalue weighted by Gasteiger charge is 2.41. The molecule has 0 amide bonds. The molecule has 1 aromatic heterocycles. The van der Waals surface area contributed by atoms with Crippen LogP contribution in [-0.2, 0) is 16.6 Å². The summed E-state index contributed by atoms with van der Waals surface area (Å²) in [5, 5.41) is 0. The van der Waals surface area contributed by atoms with Gasteiger partial charge in [-0.15, -0.1) is 0 Å². The first-order valence-corrected chi connectivity index (χ1v) is 7.80. The predicted molar refractivity (Wildman–Crippen MR) is 67.4 cm³/mol. The molecule has 0 fully saturated rings. The molecule has 8 nitrogen and oxygen atoms in total. The lowest BCUT2D eigenvalue weighted by atomic mass is 10.1. The monoisotopic (exact) mass is 286 g/mol. The van der Waals surface area contributed by atoms with Crippen molar-refractivity contribution < 1.29 is 8.42 Å². The third kappa shape index (κ3) is 1.51. The second kappa shape index (κ2) is 3.70. The van der Waals surface area contributed by atoms with E-state index < -0.39 is 27.9 Å². The lowest BCUT2D eigenvalue weighted by Crippen LogP contribution is -2.53. The van der Waals surface area contributed by atoms with Gasteiger partial charge in [-0.25, -0.2) is 31.9 Å². The summed E-state index contributed by atoms with van der Waals surface area (Å²) in [6.45, 7) is 2.16. The summed E-state index contributed by atoms with van der Waals surface area (Å²) in [7, 11) is -3.43. The van der Waals surface area contributed by atoms with Crippen molar-refractivity contribution in [2.24, 2.45) is 0 Å². The number of sulfonamides is 1. The molecule has 4 heterocycles. The predicted octanol–water partition coefficient (Wildman–Crippen LogP) is -1.28. The van der Waals surface area contributed by atoms with Gasteiger partial charge in [-0.1, -0.05) is 6.08 Å². The van der Waals surface area contributed by atoms with Gasteiger partial charge in [0.2, 0.25) is 10.0 Å². The van der Waals surface area contributed by atoms with Crippen LogP contribution in [0.3, 0.4) is 0 Å². The molecule has 2 atom stereocenters. The van der Waals surface area contributed by atoms with Crippen molar-refractivity contribution >= 4 is 10.0 Å². The molecule has 104 valence electrons. The molecule has 0 unspecified atom stereocenters. The zero-order valence-electron chi connectivity index (χ0n) is 10.6. The number of aromatic nitrogens is 3. The van der Waals surface area contributed by atoms with Gasteiger partial charge in [0, 0.05) is 13.1 Å². The zero-order valence-corrected chi connectivity index (χ0v) is 11.4. The second-order valence-electron chi connectivity index (χ2n) is 4.70. The summed E-state index contributed by atoms with van der Waals surface area (Å²) >= 11 is 0. The first kappa shape index (κ1) is 12.4. The Bertz CT molecular complexity index is 781. The SMILES string of the molecule is CCn1c(=O)n2n(c1=O)[C@@H]1C=C[C@@H]2CN1S(C)(=O)=O. The van der Waals surface area contributed by atoms with E-state index in [1.807, 2.05) is 0 Å². The van der Waals surface area contributed by atoms with E-state index in [0.717, 1.165) is 10.8 Å². The Morgan fingerprint density at radius 2 is 1.84 bits per heavy atom. The maximum Gasteiger partial charge on any atom is 0.349 e. The Morgan fingerprint density at radius 1 is 1.21 bits per heavy atom. The lowest BCUT2D eigenvalue weighted by molar-refractivity contribution is 0.145. The Morgan fingerprint density at radius 3 is 2.42 bits per heavy atom. The molecule has 0 N–H and O–H groups in total. The Labute approximate surface area is 109 Å². The van der Waals surface area contributed by atoms with Gasteiger partial charge in [-0.3, -0.25) is 0 Å². The fraction of sp³-hybridized carbons (Fsp3) is 0.600. The van der Waals surface area contributed by atoms with Crippen molar-refractivity contribution in [3.63, 3.8) is 0 Å². The Kier molecular flexibility index (Phi) is 2.42. The van der Waals surface area contributed by atoms with E-state index in [2.05, 4.69) is 0 Å². The van der Waals surface area contributed by atoms with Crippen molar-refractivity contribution in [1.82, 2.24) is 18.2 Å². The summed E-state index contributed by atoms with van der Waals surface area (Å²) < 4.78 is 28.4. The minimum absolute atomic E-state index is 0.188. The van der Waals surface area contributed by atoms with Crippen molar-refractivity contribution in [3.8, 4) is 0 Å². The van der Waals surface area contributed by atoms with E-state index in [1.165, 1.54) is 13.7 Å². The maximum absolute atomic E-state index is 12.2. The van der Waals surface area contributed by atoms with E-state index in [0.29, 0.717) is 0 Å². The molecule has 0 saturated carbocycles. The van der Waals surface area contributed by atoms with Crippen LogP contribution in [0.2, 0.25) is 0 Å². The van der Waals surface area contributed by atoms with Crippen LogP contribution in [0.15, 0.2) is 21.7 Å². The largest absolute Gasteiger partial charge is 0.349 e. The minimum atomic E-state index is -3.43. The number of hydrogen-bond acceptors (Lipinski definition) is 4. The highest BCUT2D eigenvalue weighted by molar-refractivity contribution is 7.88.